The molecule has 0 atom stereocenters. The number of aryl methyl sites for hydroxylation is 1. The van der Waals surface area contributed by atoms with E-state index in [2.05, 4.69) is 0 Å². The summed E-state index contributed by atoms with van der Waals surface area (Å²) in [6, 6.07) is 0. The van der Waals surface area contributed by atoms with E-state index in [1.54, 1.807) is 0 Å². The molecule has 0 saturated heterocycles. The van der Waals surface area contributed by atoms with E-state index in [1.165, 1.54) is 17.0 Å². The van der Waals surface area contributed by atoms with Crippen LogP contribution in [0, 0.1) is 6.92 Å². The van der Waals surface area contributed by atoms with Crippen LogP contribution in [0.1, 0.15) is 15.2 Å². The van der Waals surface area contributed by atoms with E-state index in [1.807, 2.05) is 0 Å². The molecule has 1 heterocycles. The Morgan fingerprint density at radius 3 is 2.50 bits per heavy atom. The highest BCUT2D eigenvalue weighted by Crippen LogP contribution is 2.28. The van der Waals surface area contributed by atoms with E-state index in [0.717, 1.165) is 0 Å². The number of thiophene rings is 1. The van der Waals surface area contributed by atoms with Crippen molar-refractivity contribution in [3.8, 4) is 0 Å². The highest BCUT2D eigenvalue weighted by molar-refractivity contribution is 7.89. The Labute approximate surface area is 115 Å². The minimum Gasteiger partial charge on any atom is -0.477 e. The number of alkyl halides is 4. The molecule has 0 amide bonds. The molecule has 114 valence electrons. The number of aromatic carboxylic acids is 1. The Morgan fingerprint density at radius 1 is 1.50 bits per heavy atom. The fraction of sp³-hybridized carbons (Fsp3) is 0.444. The van der Waals surface area contributed by atoms with Crippen LogP contribution >= 0.6 is 11.3 Å². The average molecular weight is 335 g/mol. The third-order valence-corrected chi connectivity index (χ3v) is 5.00. The molecule has 1 aromatic rings. The molecule has 0 aliphatic carbocycles. The molecule has 0 radical (unpaired) electrons. The van der Waals surface area contributed by atoms with Crippen molar-refractivity contribution in [1.82, 2.24) is 4.72 Å². The zero-order valence-corrected chi connectivity index (χ0v) is 11.5. The average Bonchev–Trinajstić information content (AvgIpc) is 2.69. The largest absolute Gasteiger partial charge is 0.477 e. The zero-order valence-electron chi connectivity index (χ0n) is 9.86. The molecular formula is C9H9F4NO4S2. The third kappa shape index (κ3) is 3.46. The fourth-order valence-electron chi connectivity index (χ4n) is 1.26. The van der Waals surface area contributed by atoms with Crippen LogP contribution < -0.4 is 4.72 Å². The van der Waals surface area contributed by atoms with Crippen LogP contribution in [0.15, 0.2) is 10.3 Å². The Balaban J connectivity index is 3.07. The van der Waals surface area contributed by atoms with E-state index < -0.39 is 44.7 Å². The molecule has 1 aromatic heterocycles. The molecule has 0 aromatic carbocycles. The molecule has 11 heteroatoms. The minimum absolute atomic E-state index is 0.0280. The quantitative estimate of drug-likeness (QED) is 0.778. The summed E-state index contributed by atoms with van der Waals surface area (Å²) in [4.78, 5) is 9.57. The summed E-state index contributed by atoms with van der Waals surface area (Å²) < 4.78 is 74.1. The second kappa shape index (κ2) is 5.66. The van der Waals surface area contributed by atoms with Crippen LogP contribution in [-0.4, -0.2) is 38.4 Å². The van der Waals surface area contributed by atoms with Gasteiger partial charge in [-0.3, -0.25) is 0 Å². The lowest BCUT2D eigenvalue weighted by Gasteiger charge is -2.16. The zero-order chi connectivity index (χ0) is 15.7. The van der Waals surface area contributed by atoms with Crippen molar-refractivity contribution in [2.45, 2.75) is 24.2 Å². The first-order valence-electron chi connectivity index (χ1n) is 4.96. The highest BCUT2D eigenvalue weighted by atomic mass is 32.2. The molecule has 0 unspecified atom stereocenters. The van der Waals surface area contributed by atoms with Gasteiger partial charge in [0.1, 0.15) is 9.77 Å². The van der Waals surface area contributed by atoms with Crippen molar-refractivity contribution in [3.05, 3.63) is 15.8 Å². The van der Waals surface area contributed by atoms with Gasteiger partial charge in [0.05, 0.1) is 6.54 Å². The number of sulfonamides is 1. The van der Waals surface area contributed by atoms with Gasteiger partial charge < -0.3 is 5.11 Å². The van der Waals surface area contributed by atoms with Crippen LogP contribution in [0.3, 0.4) is 0 Å². The number of nitrogens with one attached hydrogen (secondary N) is 1. The molecule has 0 aliphatic heterocycles. The van der Waals surface area contributed by atoms with Crippen LogP contribution in [0.2, 0.25) is 0 Å². The lowest BCUT2D eigenvalue weighted by Crippen LogP contribution is -2.41. The van der Waals surface area contributed by atoms with Gasteiger partial charge in [0.15, 0.2) is 0 Å². The summed E-state index contributed by atoms with van der Waals surface area (Å²) in [7, 11) is -4.62. The summed E-state index contributed by atoms with van der Waals surface area (Å²) in [5.41, 5.74) is 0.0280. The minimum atomic E-state index is -4.62. The lowest BCUT2D eigenvalue weighted by atomic mass is 10.3. The van der Waals surface area contributed by atoms with Gasteiger partial charge in [-0.2, -0.15) is 8.78 Å². The summed E-state index contributed by atoms with van der Waals surface area (Å²) in [5, 5.41) is 10.0. The molecule has 0 fully saturated rings. The summed E-state index contributed by atoms with van der Waals surface area (Å²) >= 11 is 0.596. The topological polar surface area (TPSA) is 83.5 Å². The van der Waals surface area contributed by atoms with E-state index in [-0.39, 0.29) is 5.56 Å². The molecule has 1 rings (SSSR count). The standard InChI is InChI=1S/C9H9F4NO4S2/c1-4-2-19-5(7(15)16)6(4)20(17,18)14-3-9(12,13)8(10)11/h2,8,14H,3H2,1H3,(H,15,16). The molecule has 5 nitrogen and oxygen atoms in total. The predicted molar refractivity (Wildman–Crippen MR) is 62.2 cm³/mol. The maximum atomic E-state index is 12.7. The van der Waals surface area contributed by atoms with Gasteiger partial charge in [-0.15, -0.1) is 11.3 Å². The normalized spacial score (nSPS) is 12.9. The van der Waals surface area contributed by atoms with E-state index in [4.69, 9.17) is 5.11 Å². The van der Waals surface area contributed by atoms with Crippen molar-refractivity contribution < 1.29 is 35.9 Å². The van der Waals surface area contributed by atoms with Crippen LogP contribution in [-0.2, 0) is 10.0 Å². The number of carboxylic acids is 1. The SMILES string of the molecule is Cc1csc(C(=O)O)c1S(=O)(=O)NCC(F)(F)C(F)F. The third-order valence-electron chi connectivity index (χ3n) is 2.20. The van der Waals surface area contributed by atoms with Crippen LogP contribution in [0.4, 0.5) is 17.6 Å². The predicted octanol–water partition coefficient (Wildman–Crippen LogP) is 1.93. The van der Waals surface area contributed by atoms with Crippen LogP contribution in [0.25, 0.3) is 0 Å². The number of hydrogen-bond donors (Lipinski definition) is 2. The number of rotatable bonds is 6. The Kier molecular flexibility index (Phi) is 4.77. The summed E-state index contributed by atoms with van der Waals surface area (Å²) in [6.07, 6.45) is -4.03. The molecule has 0 spiro atoms. The molecule has 0 aliphatic rings. The van der Waals surface area contributed by atoms with Crippen molar-refractivity contribution >= 4 is 27.3 Å². The molecule has 0 bridgehead atoms. The van der Waals surface area contributed by atoms with E-state index >= 15 is 0 Å². The first-order valence-corrected chi connectivity index (χ1v) is 7.32. The second-order valence-electron chi connectivity index (χ2n) is 3.77. The van der Waals surface area contributed by atoms with Gasteiger partial charge in [-0.25, -0.2) is 26.7 Å². The maximum absolute atomic E-state index is 12.7. The van der Waals surface area contributed by atoms with Crippen LogP contribution in [0.5, 0.6) is 0 Å². The van der Waals surface area contributed by atoms with E-state index in [9.17, 15) is 30.8 Å². The van der Waals surface area contributed by atoms with Crippen molar-refractivity contribution in [2.75, 3.05) is 6.54 Å². The monoisotopic (exact) mass is 335 g/mol. The number of carbonyl (C=O) groups is 1. The second-order valence-corrected chi connectivity index (χ2v) is 6.35. The van der Waals surface area contributed by atoms with Gasteiger partial charge in [-0.1, -0.05) is 0 Å². The smallest absolute Gasteiger partial charge is 0.347 e. The maximum Gasteiger partial charge on any atom is 0.347 e. The van der Waals surface area contributed by atoms with Gasteiger partial charge in [0, 0.05) is 0 Å². The van der Waals surface area contributed by atoms with Gasteiger partial charge in [0.2, 0.25) is 10.0 Å². The van der Waals surface area contributed by atoms with Crippen molar-refractivity contribution in [2.24, 2.45) is 0 Å². The molecule has 2 N–H and O–H groups in total. The Hall–Kier alpha value is -1.20. The highest BCUT2D eigenvalue weighted by Gasteiger charge is 2.42. The number of carboxylic acid groups (broad SMARTS) is 1. The first-order chi connectivity index (χ1) is 8.99. The van der Waals surface area contributed by atoms with Gasteiger partial charge in [-0.05, 0) is 17.9 Å². The number of halogens is 4. The fourth-order valence-corrected chi connectivity index (χ4v) is 3.93. The molecular weight excluding hydrogens is 326 g/mol. The van der Waals surface area contributed by atoms with Crippen molar-refractivity contribution in [1.29, 1.82) is 0 Å². The first kappa shape index (κ1) is 16.9. The Bertz CT molecular complexity index is 611. The number of hydrogen-bond acceptors (Lipinski definition) is 4. The van der Waals surface area contributed by atoms with Gasteiger partial charge >= 0.3 is 18.3 Å². The summed E-state index contributed by atoms with van der Waals surface area (Å²) in [6.45, 7) is -0.551. The lowest BCUT2D eigenvalue weighted by molar-refractivity contribution is -0.122. The summed E-state index contributed by atoms with van der Waals surface area (Å²) in [5.74, 6) is -6.09. The Morgan fingerprint density at radius 2 is 2.05 bits per heavy atom. The van der Waals surface area contributed by atoms with E-state index in [0.29, 0.717) is 11.3 Å². The molecule has 20 heavy (non-hydrogen) atoms. The molecule has 0 saturated carbocycles. The van der Waals surface area contributed by atoms with Gasteiger partial charge in [0.25, 0.3) is 0 Å². The van der Waals surface area contributed by atoms with Crippen molar-refractivity contribution in [3.63, 3.8) is 0 Å².